The molecular formula is C16H20ClF3N4O. The van der Waals surface area contributed by atoms with Crippen LogP contribution in [0.15, 0.2) is 12.3 Å². The van der Waals surface area contributed by atoms with Gasteiger partial charge in [-0.3, -0.25) is 4.68 Å². The molecule has 2 aromatic rings. The number of aryl methyl sites for hydroxylation is 2. The Balaban J connectivity index is 2.46. The first kappa shape index (κ1) is 19.4. The second-order valence-electron chi connectivity index (χ2n) is 5.46. The zero-order valence-corrected chi connectivity index (χ0v) is 15.2. The van der Waals surface area contributed by atoms with E-state index in [1.54, 1.807) is 4.68 Å². The standard InChI is InChI=1S/C16H20ClF3N4O/c1-5-11-14(17)15(24(6-2)23-11)10-8-21-13(7-12(10)25-4)22-9(3)16(18,19)20/h7-9H,5-6H2,1-4H3,(H,21,22)/t9-/m1/s1. The maximum Gasteiger partial charge on any atom is 0.408 e. The van der Waals surface area contributed by atoms with E-state index in [2.05, 4.69) is 15.4 Å². The summed E-state index contributed by atoms with van der Waals surface area (Å²) in [6.45, 7) is 5.48. The van der Waals surface area contributed by atoms with Gasteiger partial charge in [-0.15, -0.1) is 0 Å². The van der Waals surface area contributed by atoms with Gasteiger partial charge in [0.25, 0.3) is 0 Å². The van der Waals surface area contributed by atoms with Gasteiger partial charge in [-0.1, -0.05) is 18.5 Å². The lowest BCUT2D eigenvalue weighted by molar-refractivity contribution is -0.138. The van der Waals surface area contributed by atoms with Crippen LogP contribution in [-0.4, -0.2) is 34.1 Å². The number of methoxy groups -OCH3 is 1. The Morgan fingerprint density at radius 3 is 2.56 bits per heavy atom. The van der Waals surface area contributed by atoms with E-state index in [9.17, 15) is 13.2 Å². The largest absolute Gasteiger partial charge is 0.496 e. The monoisotopic (exact) mass is 376 g/mol. The number of halogens is 4. The van der Waals surface area contributed by atoms with E-state index in [1.807, 2.05) is 13.8 Å². The van der Waals surface area contributed by atoms with Gasteiger partial charge in [0.15, 0.2) is 0 Å². The Kier molecular flexibility index (Phi) is 5.82. The minimum Gasteiger partial charge on any atom is -0.496 e. The summed E-state index contributed by atoms with van der Waals surface area (Å²) in [6.07, 6.45) is -2.26. The molecule has 0 bridgehead atoms. The fourth-order valence-electron chi connectivity index (χ4n) is 2.37. The topological polar surface area (TPSA) is 52.0 Å². The van der Waals surface area contributed by atoms with Crippen LogP contribution in [0.25, 0.3) is 11.3 Å². The number of pyridine rings is 1. The van der Waals surface area contributed by atoms with Crippen molar-refractivity contribution < 1.29 is 17.9 Å². The number of ether oxygens (including phenoxy) is 1. The first-order valence-electron chi connectivity index (χ1n) is 7.85. The summed E-state index contributed by atoms with van der Waals surface area (Å²) >= 11 is 6.42. The van der Waals surface area contributed by atoms with Gasteiger partial charge in [-0.2, -0.15) is 18.3 Å². The summed E-state index contributed by atoms with van der Waals surface area (Å²) in [7, 11) is 1.44. The SMILES string of the molecule is CCc1nn(CC)c(-c2cnc(N[C@H](C)C(F)(F)F)cc2OC)c1Cl. The maximum absolute atomic E-state index is 12.7. The first-order valence-corrected chi connectivity index (χ1v) is 8.23. The normalized spacial score (nSPS) is 13.0. The predicted octanol–water partition coefficient (Wildman–Crippen LogP) is 4.55. The van der Waals surface area contributed by atoms with Gasteiger partial charge in [0.1, 0.15) is 17.6 Å². The summed E-state index contributed by atoms with van der Waals surface area (Å²) in [5.41, 5.74) is 1.96. The van der Waals surface area contributed by atoms with Crippen LogP contribution >= 0.6 is 11.6 Å². The van der Waals surface area contributed by atoms with Crippen molar-refractivity contribution in [3.63, 3.8) is 0 Å². The van der Waals surface area contributed by atoms with Gasteiger partial charge in [0.2, 0.25) is 0 Å². The minimum absolute atomic E-state index is 0.0693. The maximum atomic E-state index is 12.7. The van der Waals surface area contributed by atoms with E-state index >= 15 is 0 Å². The summed E-state index contributed by atoms with van der Waals surface area (Å²) in [5, 5.41) is 7.26. The Hall–Kier alpha value is -1.96. The summed E-state index contributed by atoms with van der Waals surface area (Å²) < 4.78 is 45.2. The minimum atomic E-state index is -4.37. The summed E-state index contributed by atoms with van der Waals surface area (Å²) in [5.74, 6) is 0.436. The van der Waals surface area contributed by atoms with Crippen LogP contribution in [0.2, 0.25) is 5.02 Å². The molecule has 0 fully saturated rings. The number of aromatic nitrogens is 3. The third kappa shape index (κ3) is 4.00. The Morgan fingerprint density at radius 1 is 1.36 bits per heavy atom. The average molecular weight is 377 g/mol. The number of nitrogens with one attached hydrogen (secondary N) is 1. The molecule has 0 aliphatic heterocycles. The lowest BCUT2D eigenvalue weighted by Crippen LogP contribution is -2.33. The number of alkyl halides is 3. The number of nitrogens with zero attached hydrogens (tertiary/aromatic N) is 3. The van der Waals surface area contributed by atoms with Crippen LogP contribution in [0.3, 0.4) is 0 Å². The summed E-state index contributed by atoms with van der Waals surface area (Å²) in [6, 6.07) is -0.306. The second kappa shape index (κ2) is 7.51. The molecule has 1 atom stereocenters. The second-order valence-corrected chi connectivity index (χ2v) is 5.83. The fraction of sp³-hybridized carbons (Fsp3) is 0.500. The Bertz CT molecular complexity index is 746. The molecule has 0 aliphatic rings. The van der Waals surface area contributed by atoms with Crippen molar-refractivity contribution in [1.29, 1.82) is 0 Å². The summed E-state index contributed by atoms with van der Waals surface area (Å²) in [4.78, 5) is 4.08. The molecule has 5 nitrogen and oxygen atoms in total. The van der Waals surface area contributed by atoms with Gasteiger partial charge >= 0.3 is 6.18 Å². The van der Waals surface area contributed by atoms with Crippen molar-refractivity contribution >= 4 is 17.4 Å². The lowest BCUT2D eigenvalue weighted by Gasteiger charge is -2.19. The average Bonchev–Trinajstić information content (AvgIpc) is 2.89. The molecule has 0 spiro atoms. The van der Waals surface area contributed by atoms with Crippen LogP contribution in [0.5, 0.6) is 5.75 Å². The molecular weight excluding hydrogens is 357 g/mol. The van der Waals surface area contributed by atoms with Crippen molar-refractivity contribution in [2.75, 3.05) is 12.4 Å². The highest BCUT2D eigenvalue weighted by Gasteiger charge is 2.36. The van der Waals surface area contributed by atoms with Crippen LogP contribution < -0.4 is 10.1 Å². The number of anilines is 1. The van der Waals surface area contributed by atoms with Crippen molar-refractivity contribution in [1.82, 2.24) is 14.8 Å². The Labute approximate surface area is 149 Å². The van der Waals surface area contributed by atoms with Crippen molar-refractivity contribution in [2.45, 2.75) is 46.0 Å². The Morgan fingerprint density at radius 2 is 2.04 bits per heavy atom. The van der Waals surface area contributed by atoms with Crippen LogP contribution in [0.4, 0.5) is 19.0 Å². The van der Waals surface area contributed by atoms with E-state index in [0.717, 1.165) is 12.6 Å². The van der Waals surface area contributed by atoms with Crippen LogP contribution in [0, 0.1) is 0 Å². The molecule has 0 aromatic carbocycles. The van der Waals surface area contributed by atoms with Gasteiger partial charge in [0.05, 0.1) is 29.1 Å². The molecule has 0 unspecified atom stereocenters. The van der Waals surface area contributed by atoms with Crippen molar-refractivity contribution in [3.05, 3.63) is 23.0 Å². The number of hydrogen-bond acceptors (Lipinski definition) is 4. The van der Waals surface area contributed by atoms with E-state index in [1.165, 1.54) is 19.4 Å². The first-order chi connectivity index (χ1) is 11.7. The van der Waals surface area contributed by atoms with Crippen LogP contribution in [0.1, 0.15) is 26.5 Å². The zero-order chi connectivity index (χ0) is 18.8. The molecule has 0 saturated carbocycles. The number of rotatable bonds is 6. The fourth-order valence-corrected chi connectivity index (χ4v) is 2.74. The van der Waals surface area contributed by atoms with Crippen LogP contribution in [-0.2, 0) is 13.0 Å². The van der Waals surface area contributed by atoms with E-state index in [0.29, 0.717) is 35.0 Å². The van der Waals surface area contributed by atoms with E-state index in [4.69, 9.17) is 16.3 Å². The highest BCUT2D eigenvalue weighted by atomic mass is 35.5. The molecule has 9 heteroatoms. The molecule has 2 heterocycles. The zero-order valence-electron chi connectivity index (χ0n) is 14.4. The highest BCUT2D eigenvalue weighted by molar-refractivity contribution is 6.33. The lowest BCUT2D eigenvalue weighted by atomic mass is 10.1. The predicted molar refractivity (Wildman–Crippen MR) is 91.2 cm³/mol. The highest BCUT2D eigenvalue weighted by Crippen LogP contribution is 2.37. The molecule has 2 aromatic heterocycles. The van der Waals surface area contributed by atoms with Gasteiger partial charge in [-0.05, 0) is 20.3 Å². The molecule has 1 N–H and O–H groups in total. The quantitative estimate of drug-likeness (QED) is 0.803. The van der Waals surface area contributed by atoms with Gasteiger partial charge < -0.3 is 10.1 Å². The molecule has 0 aliphatic carbocycles. The smallest absolute Gasteiger partial charge is 0.408 e. The third-order valence-electron chi connectivity index (χ3n) is 3.79. The van der Waals surface area contributed by atoms with Gasteiger partial charge in [0, 0.05) is 18.8 Å². The molecule has 138 valence electrons. The molecule has 0 saturated heterocycles. The van der Waals surface area contributed by atoms with Crippen molar-refractivity contribution in [2.24, 2.45) is 0 Å². The van der Waals surface area contributed by atoms with E-state index < -0.39 is 12.2 Å². The molecule has 2 rings (SSSR count). The molecule has 0 radical (unpaired) electrons. The van der Waals surface area contributed by atoms with E-state index in [-0.39, 0.29) is 5.82 Å². The van der Waals surface area contributed by atoms with Gasteiger partial charge in [-0.25, -0.2) is 4.98 Å². The number of hydrogen-bond donors (Lipinski definition) is 1. The molecule has 0 amide bonds. The molecule has 25 heavy (non-hydrogen) atoms. The third-order valence-corrected chi connectivity index (χ3v) is 4.19. The van der Waals surface area contributed by atoms with Crippen molar-refractivity contribution in [3.8, 4) is 17.0 Å².